The molecule has 0 saturated heterocycles. The second kappa shape index (κ2) is 6.29. The Morgan fingerprint density at radius 2 is 1.55 bits per heavy atom. The number of carbonyl (C=O) groups excluding carboxylic acids is 2. The Morgan fingerprint density at radius 3 is 2.10 bits per heavy atom. The van der Waals surface area contributed by atoms with E-state index in [2.05, 4.69) is 20.2 Å². The molecule has 1 aromatic carbocycles. The van der Waals surface area contributed by atoms with Crippen LogP contribution in [0.3, 0.4) is 0 Å². The SMILES string of the molecule is O=C=NC1(N=C=O)C=CC(/N=N/c2ccccc2)C=C1. The molecular formula is C14H10N4O2. The summed E-state index contributed by atoms with van der Waals surface area (Å²) in [5.74, 6) is 0. The van der Waals surface area contributed by atoms with E-state index in [1.165, 1.54) is 24.3 Å². The summed E-state index contributed by atoms with van der Waals surface area (Å²) in [5, 5.41) is 8.19. The Labute approximate surface area is 115 Å². The van der Waals surface area contributed by atoms with Crippen LogP contribution in [0.1, 0.15) is 0 Å². The van der Waals surface area contributed by atoms with E-state index in [-0.39, 0.29) is 6.04 Å². The lowest BCUT2D eigenvalue weighted by atomic mass is 10.0. The average molecular weight is 266 g/mol. The molecule has 0 saturated carbocycles. The molecule has 2 rings (SSSR count). The number of nitrogens with zero attached hydrogens (tertiary/aromatic N) is 4. The van der Waals surface area contributed by atoms with Crippen molar-refractivity contribution in [2.45, 2.75) is 11.7 Å². The van der Waals surface area contributed by atoms with E-state index in [9.17, 15) is 9.59 Å². The minimum absolute atomic E-state index is 0.299. The molecule has 1 aliphatic carbocycles. The minimum atomic E-state index is -1.34. The summed E-state index contributed by atoms with van der Waals surface area (Å²) in [5.41, 5.74) is -0.606. The number of benzene rings is 1. The summed E-state index contributed by atoms with van der Waals surface area (Å²) >= 11 is 0. The van der Waals surface area contributed by atoms with E-state index in [0.717, 1.165) is 5.69 Å². The molecule has 0 heterocycles. The lowest BCUT2D eigenvalue weighted by Crippen LogP contribution is -2.21. The van der Waals surface area contributed by atoms with Crippen LogP contribution in [0, 0.1) is 0 Å². The Morgan fingerprint density at radius 1 is 0.950 bits per heavy atom. The second-order valence-corrected chi connectivity index (χ2v) is 3.95. The van der Waals surface area contributed by atoms with E-state index >= 15 is 0 Å². The summed E-state index contributed by atoms with van der Waals surface area (Å²) in [6, 6.07) is 8.98. The van der Waals surface area contributed by atoms with E-state index in [0.29, 0.717) is 0 Å². The highest BCUT2D eigenvalue weighted by Crippen LogP contribution is 2.23. The van der Waals surface area contributed by atoms with Crippen molar-refractivity contribution in [3.63, 3.8) is 0 Å². The molecule has 0 radical (unpaired) electrons. The molecule has 0 atom stereocenters. The third-order valence-corrected chi connectivity index (χ3v) is 2.59. The number of isocyanates is 2. The van der Waals surface area contributed by atoms with Gasteiger partial charge in [0.1, 0.15) is 6.04 Å². The van der Waals surface area contributed by atoms with Crippen LogP contribution in [0.25, 0.3) is 0 Å². The lowest BCUT2D eigenvalue weighted by molar-refractivity contribution is 0.543. The third-order valence-electron chi connectivity index (χ3n) is 2.59. The molecule has 0 bridgehead atoms. The topological polar surface area (TPSA) is 83.6 Å². The predicted octanol–water partition coefficient (Wildman–Crippen LogP) is 2.63. The molecule has 0 spiro atoms. The molecule has 98 valence electrons. The van der Waals surface area contributed by atoms with Gasteiger partial charge in [0.25, 0.3) is 0 Å². The summed E-state index contributed by atoms with van der Waals surface area (Å²) in [6.45, 7) is 0. The van der Waals surface area contributed by atoms with Gasteiger partial charge in [0.2, 0.25) is 17.8 Å². The Balaban J connectivity index is 2.13. The number of aliphatic imine (C=N–C) groups is 2. The van der Waals surface area contributed by atoms with Crippen molar-refractivity contribution in [1.82, 2.24) is 0 Å². The van der Waals surface area contributed by atoms with Gasteiger partial charge in [0, 0.05) is 0 Å². The number of azo groups is 1. The van der Waals surface area contributed by atoms with Crippen molar-refractivity contribution in [2.75, 3.05) is 0 Å². The normalized spacial score (nSPS) is 24.1. The van der Waals surface area contributed by atoms with Crippen molar-refractivity contribution >= 4 is 17.8 Å². The van der Waals surface area contributed by atoms with Gasteiger partial charge in [0.05, 0.1) is 5.69 Å². The first kappa shape index (κ1) is 13.5. The summed E-state index contributed by atoms with van der Waals surface area (Å²) in [6.07, 6.45) is 9.02. The van der Waals surface area contributed by atoms with Crippen LogP contribution in [0.5, 0.6) is 0 Å². The molecule has 0 aliphatic heterocycles. The highest BCUT2D eigenvalue weighted by molar-refractivity contribution is 5.45. The zero-order valence-electron chi connectivity index (χ0n) is 10.4. The fourth-order valence-electron chi connectivity index (χ4n) is 1.63. The summed E-state index contributed by atoms with van der Waals surface area (Å²) < 4.78 is 0. The second-order valence-electron chi connectivity index (χ2n) is 3.95. The number of hydrogen-bond acceptors (Lipinski definition) is 6. The molecule has 20 heavy (non-hydrogen) atoms. The standard InChI is InChI=1S/C14H10N4O2/c19-10-15-14(16-11-20)8-6-13(7-9-14)18-17-12-4-2-1-3-5-12/h1-9,13H/b18-17+. The highest BCUT2D eigenvalue weighted by Gasteiger charge is 2.25. The van der Waals surface area contributed by atoms with Crippen LogP contribution < -0.4 is 0 Å². The quantitative estimate of drug-likeness (QED) is 0.363. The fourth-order valence-corrected chi connectivity index (χ4v) is 1.63. The van der Waals surface area contributed by atoms with Crippen LogP contribution in [-0.4, -0.2) is 23.9 Å². The van der Waals surface area contributed by atoms with Crippen LogP contribution >= 0.6 is 0 Å². The number of rotatable bonds is 4. The fraction of sp³-hybridized carbons (Fsp3) is 0.143. The van der Waals surface area contributed by atoms with E-state index < -0.39 is 5.66 Å². The molecule has 6 heteroatoms. The van der Waals surface area contributed by atoms with Crippen molar-refractivity contribution in [1.29, 1.82) is 0 Å². The van der Waals surface area contributed by atoms with Crippen molar-refractivity contribution in [2.24, 2.45) is 20.2 Å². The van der Waals surface area contributed by atoms with Crippen molar-refractivity contribution < 1.29 is 9.59 Å². The predicted molar refractivity (Wildman–Crippen MR) is 72.0 cm³/mol. The molecule has 0 aromatic heterocycles. The molecule has 0 N–H and O–H groups in total. The van der Waals surface area contributed by atoms with Gasteiger partial charge in [-0.3, -0.25) is 0 Å². The molecule has 0 fully saturated rings. The first-order chi connectivity index (χ1) is 9.78. The average Bonchev–Trinajstić information content (AvgIpc) is 2.48. The monoisotopic (exact) mass is 266 g/mol. The van der Waals surface area contributed by atoms with E-state index in [1.54, 1.807) is 12.2 Å². The van der Waals surface area contributed by atoms with Gasteiger partial charge in [-0.25, -0.2) is 9.59 Å². The molecule has 6 nitrogen and oxygen atoms in total. The number of hydrogen-bond donors (Lipinski definition) is 0. The minimum Gasteiger partial charge on any atom is -0.211 e. The maximum atomic E-state index is 10.4. The maximum Gasteiger partial charge on any atom is 0.238 e. The van der Waals surface area contributed by atoms with Gasteiger partial charge < -0.3 is 0 Å². The first-order valence-corrected chi connectivity index (χ1v) is 5.81. The van der Waals surface area contributed by atoms with Gasteiger partial charge in [-0.15, -0.1) is 0 Å². The van der Waals surface area contributed by atoms with Gasteiger partial charge in [-0.2, -0.15) is 20.2 Å². The van der Waals surface area contributed by atoms with Gasteiger partial charge >= 0.3 is 0 Å². The molecule has 0 unspecified atom stereocenters. The van der Waals surface area contributed by atoms with E-state index in [1.807, 2.05) is 30.3 Å². The summed E-state index contributed by atoms with van der Waals surface area (Å²) in [7, 11) is 0. The van der Waals surface area contributed by atoms with Crippen LogP contribution in [-0.2, 0) is 9.59 Å². The Kier molecular flexibility index (Phi) is 4.24. The molecule has 1 aromatic rings. The van der Waals surface area contributed by atoms with Crippen LogP contribution in [0.4, 0.5) is 5.69 Å². The zero-order valence-corrected chi connectivity index (χ0v) is 10.4. The highest BCUT2D eigenvalue weighted by atomic mass is 16.1. The van der Waals surface area contributed by atoms with Crippen LogP contribution in [0.2, 0.25) is 0 Å². The molecule has 1 aliphatic rings. The summed E-state index contributed by atoms with van der Waals surface area (Å²) in [4.78, 5) is 27.7. The smallest absolute Gasteiger partial charge is 0.211 e. The lowest BCUT2D eigenvalue weighted by Gasteiger charge is -2.17. The van der Waals surface area contributed by atoms with Gasteiger partial charge in [0.15, 0.2) is 0 Å². The third kappa shape index (κ3) is 3.29. The largest absolute Gasteiger partial charge is 0.238 e. The van der Waals surface area contributed by atoms with Crippen molar-refractivity contribution in [3.05, 3.63) is 54.6 Å². The van der Waals surface area contributed by atoms with Gasteiger partial charge in [-0.05, 0) is 24.3 Å². The van der Waals surface area contributed by atoms with Crippen LogP contribution in [0.15, 0.2) is 74.8 Å². The molecule has 0 amide bonds. The Hall–Kier alpha value is -2.94. The van der Waals surface area contributed by atoms with E-state index in [4.69, 9.17) is 0 Å². The van der Waals surface area contributed by atoms with Crippen molar-refractivity contribution in [3.8, 4) is 0 Å². The first-order valence-electron chi connectivity index (χ1n) is 5.81. The zero-order chi connectivity index (χ0) is 14.3. The maximum absolute atomic E-state index is 10.4. The Bertz CT molecular complexity index is 617. The van der Waals surface area contributed by atoms with Gasteiger partial charge in [-0.1, -0.05) is 30.4 Å². The molecular weight excluding hydrogens is 256 g/mol.